The second-order valence-corrected chi connectivity index (χ2v) is 7.81. The van der Waals surface area contributed by atoms with Gasteiger partial charge in [0.2, 0.25) is 0 Å². The summed E-state index contributed by atoms with van der Waals surface area (Å²) in [7, 11) is 0. The van der Waals surface area contributed by atoms with Crippen LogP contribution in [-0.2, 0) is 0 Å². The molecule has 0 amide bonds. The third kappa shape index (κ3) is 2.37. The Morgan fingerprint density at radius 1 is 0.611 bits per heavy atom. The van der Waals surface area contributed by atoms with Crippen molar-refractivity contribution in [3.05, 3.63) is 0 Å². The zero-order valence-corrected chi connectivity index (χ0v) is 12.5. The van der Waals surface area contributed by atoms with E-state index in [4.69, 9.17) is 0 Å². The topological polar surface area (TPSA) is 0 Å². The molecule has 3 saturated carbocycles. The minimum Gasteiger partial charge on any atom is -0.0625 e. The quantitative estimate of drug-likeness (QED) is 0.591. The van der Waals surface area contributed by atoms with Gasteiger partial charge in [0, 0.05) is 0 Å². The van der Waals surface area contributed by atoms with Crippen LogP contribution in [0.5, 0.6) is 0 Å². The molecule has 0 nitrogen and oxygen atoms in total. The lowest BCUT2D eigenvalue weighted by Gasteiger charge is -2.45. The van der Waals surface area contributed by atoms with E-state index in [0.717, 1.165) is 35.5 Å². The summed E-state index contributed by atoms with van der Waals surface area (Å²) < 4.78 is 0. The minimum absolute atomic E-state index is 0.928. The molecule has 0 saturated heterocycles. The maximum Gasteiger partial charge on any atom is -0.0352 e. The second kappa shape index (κ2) is 5.55. The van der Waals surface area contributed by atoms with Gasteiger partial charge in [-0.15, -0.1) is 0 Å². The van der Waals surface area contributed by atoms with Gasteiger partial charge in [-0.2, -0.15) is 0 Å². The maximum atomic E-state index is 2.48. The van der Waals surface area contributed by atoms with Crippen molar-refractivity contribution in [3.63, 3.8) is 0 Å². The Morgan fingerprint density at radius 3 is 1.94 bits per heavy atom. The summed E-state index contributed by atoms with van der Waals surface area (Å²) in [6.07, 6.45) is 15.5. The van der Waals surface area contributed by atoms with Crippen molar-refractivity contribution in [2.24, 2.45) is 35.5 Å². The average molecular weight is 248 g/mol. The van der Waals surface area contributed by atoms with E-state index in [1.807, 2.05) is 0 Å². The lowest BCUT2D eigenvalue weighted by atomic mass is 9.60. The lowest BCUT2D eigenvalue weighted by Crippen LogP contribution is -2.37. The fraction of sp³-hybridized carbons (Fsp3) is 1.00. The third-order valence-electron chi connectivity index (χ3n) is 6.66. The smallest absolute Gasteiger partial charge is 0.0352 e. The van der Waals surface area contributed by atoms with Gasteiger partial charge in [0.05, 0.1) is 0 Å². The average Bonchev–Trinajstić information content (AvgIpc) is 2.86. The highest BCUT2D eigenvalue weighted by atomic mass is 14.5. The molecule has 3 fully saturated rings. The Balaban J connectivity index is 1.74. The molecule has 3 rings (SSSR count). The molecule has 5 atom stereocenters. The summed E-state index contributed by atoms with van der Waals surface area (Å²) in [5, 5.41) is 0. The van der Waals surface area contributed by atoms with Crippen molar-refractivity contribution in [1.82, 2.24) is 0 Å². The van der Waals surface area contributed by atoms with E-state index in [-0.39, 0.29) is 0 Å². The van der Waals surface area contributed by atoms with Crippen LogP contribution in [-0.4, -0.2) is 0 Å². The van der Waals surface area contributed by atoms with Crippen LogP contribution in [0, 0.1) is 35.5 Å². The van der Waals surface area contributed by atoms with Crippen molar-refractivity contribution < 1.29 is 0 Å². The molecule has 0 radical (unpaired) electrons. The first-order valence-electron chi connectivity index (χ1n) is 8.77. The van der Waals surface area contributed by atoms with Gasteiger partial charge in [0.25, 0.3) is 0 Å². The van der Waals surface area contributed by atoms with E-state index < -0.39 is 0 Å². The van der Waals surface area contributed by atoms with Crippen molar-refractivity contribution in [2.75, 3.05) is 0 Å². The number of fused-ring (bicyclic) bond motifs is 1. The van der Waals surface area contributed by atoms with Crippen LogP contribution >= 0.6 is 0 Å². The molecule has 0 spiro atoms. The Labute approximate surface area is 114 Å². The van der Waals surface area contributed by atoms with Crippen LogP contribution in [0.15, 0.2) is 0 Å². The predicted molar refractivity (Wildman–Crippen MR) is 78.5 cm³/mol. The highest BCUT2D eigenvalue weighted by Crippen LogP contribution is 2.52. The highest BCUT2D eigenvalue weighted by molar-refractivity contribution is 4.93. The van der Waals surface area contributed by atoms with Crippen LogP contribution in [0.2, 0.25) is 0 Å². The van der Waals surface area contributed by atoms with Gasteiger partial charge in [0.15, 0.2) is 0 Å². The van der Waals surface area contributed by atoms with E-state index in [1.54, 1.807) is 44.9 Å². The molecule has 104 valence electrons. The van der Waals surface area contributed by atoms with Gasteiger partial charge in [-0.25, -0.2) is 0 Å². The van der Waals surface area contributed by atoms with Crippen molar-refractivity contribution >= 4 is 0 Å². The fourth-order valence-electron chi connectivity index (χ4n) is 5.90. The van der Waals surface area contributed by atoms with Crippen molar-refractivity contribution in [1.29, 1.82) is 0 Å². The fourth-order valence-corrected chi connectivity index (χ4v) is 5.90. The molecule has 0 heteroatoms. The standard InChI is InChI=1S/C18H32/c1-13(2)15-9-3-4-10-17(15)18-12-6-8-14-7-5-11-16(14)18/h13-18H,3-12H2,1-2H3. The van der Waals surface area contributed by atoms with Gasteiger partial charge < -0.3 is 0 Å². The molecule has 0 aromatic heterocycles. The Kier molecular flexibility index (Phi) is 4.01. The summed E-state index contributed by atoms with van der Waals surface area (Å²) in [6, 6.07) is 0. The molecular weight excluding hydrogens is 216 g/mol. The van der Waals surface area contributed by atoms with Gasteiger partial charge in [-0.05, 0) is 61.2 Å². The minimum atomic E-state index is 0.928. The Bertz CT molecular complexity index is 261. The van der Waals surface area contributed by atoms with E-state index in [1.165, 1.54) is 19.3 Å². The second-order valence-electron chi connectivity index (χ2n) is 7.81. The van der Waals surface area contributed by atoms with Gasteiger partial charge in [-0.3, -0.25) is 0 Å². The summed E-state index contributed by atoms with van der Waals surface area (Å²) in [6.45, 7) is 4.97. The number of rotatable bonds is 2. The van der Waals surface area contributed by atoms with E-state index >= 15 is 0 Å². The number of hydrogen-bond acceptors (Lipinski definition) is 0. The van der Waals surface area contributed by atoms with Crippen LogP contribution in [0.3, 0.4) is 0 Å². The molecule has 5 unspecified atom stereocenters. The first-order chi connectivity index (χ1) is 8.77. The summed E-state index contributed by atoms with van der Waals surface area (Å²) >= 11 is 0. The Hall–Kier alpha value is 0. The van der Waals surface area contributed by atoms with Gasteiger partial charge in [-0.1, -0.05) is 52.4 Å². The van der Waals surface area contributed by atoms with Crippen LogP contribution < -0.4 is 0 Å². The van der Waals surface area contributed by atoms with E-state index in [9.17, 15) is 0 Å². The van der Waals surface area contributed by atoms with Gasteiger partial charge in [0.1, 0.15) is 0 Å². The summed E-state index contributed by atoms with van der Waals surface area (Å²) in [5.41, 5.74) is 0. The largest absolute Gasteiger partial charge is 0.0625 e. The normalized spacial score (nSPS) is 45.2. The van der Waals surface area contributed by atoms with E-state index in [2.05, 4.69) is 13.8 Å². The van der Waals surface area contributed by atoms with Gasteiger partial charge >= 0.3 is 0 Å². The molecule has 0 aromatic rings. The maximum absolute atomic E-state index is 2.48. The molecule has 18 heavy (non-hydrogen) atoms. The van der Waals surface area contributed by atoms with Crippen LogP contribution in [0.4, 0.5) is 0 Å². The zero-order valence-electron chi connectivity index (χ0n) is 12.5. The molecule has 3 aliphatic carbocycles. The zero-order chi connectivity index (χ0) is 12.5. The number of hydrogen-bond donors (Lipinski definition) is 0. The SMILES string of the molecule is CC(C)C1CCCCC1C1CCCC2CCCC21. The van der Waals surface area contributed by atoms with Crippen LogP contribution in [0.1, 0.15) is 78.1 Å². The molecule has 3 aliphatic rings. The third-order valence-corrected chi connectivity index (χ3v) is 6.66. The van der Waals surface area contributed by atoms with Crippen molar-refractivity contribution in [3.8, 4) is 0 Å². The van der Waals surface area contributed by atoms with Crippen LogP contribution in [0.25, 0.3) is 0 Å². The first kappa shape index (κ1) is 13.0. The molecule has 0 aliphatic heterocycles. The highest BCUT2D eigenvalue weighted by Gasteiger charge is 2.43. The lowest BCUT2D eigenvalue weighted by molar-refractivity contribution is 0.0424. The molecular formula is C18H32. The van der Waals surface area contributed by atoms with Crippen molar-refractivity contribution in [2.45, 2.75) is 78.1 Å². The Morgan fingerprint density at radius 2 is 1.22 bits per heavy atom. The summed E-state index contributed by atoms with van der Waals surface area (Å²) in [5.74, 6) is 6.49. The first-order valence-corrected chi connectivity index (χ1v) is 8.77. The predicted octanol–water partition coefficient (Wildman–Crippen LogP) is 5.67. The molecule has 0 heterocycles. The molecule has 0 N–H and O–H groups in total. The molecule has 0 bridgehead atoms. The molecule has 0 aromatic carbocycles. The summed E-state index contributed by atoms with van der Waals surface area (Å²) in [4.78, 5) is 0. The van der Waals surface area contributed by atoms with E-state index in [0.29, 0.717) is 0 Å². The monoisotopic (exact) mass is 248 g/mol.